The summed E-state index contributed by atoms with van der Waals surface area (Å²) in [6.07, 6.45) is 6.31. The molecule has 1 saturated carbocycles. The predicted octanol–water partition coefficient (Wildman–Crippen LogP) is 1.29. The van der Waals surface area contributed by atoms with Crippen molar-refractivity contribution in [2.45, 2.75) is 32.1 Å². The largest absolute Gasteiger partial charge is 0.396 e. The molecule has 1 amide bonds. The van der Waals surface area contributed by atoms with Crippen LogP contribution in [0.1, 0.15) is 31.4 Å². The smallest absolute Gasteiger partial charge is 0.226 e. The van der Waals surface area contributed by atoms with E-state index in [1.165, 1.54) is 0 Å². The SMILES string of the molecule is O=C(Cc1ccccn1)NCC1(CO)CCCC1. The topological polar surface area (TPSA) is 62.2 Å². The van der Waals surface area contributed by atoms with Crippen molar-refractivity contribution in [2.24, 2.45) is 5.41 Å². The van der Waals surface area contributed by atoms with Crippen LogP contribution < -0.4 is 5.32 Å². The van der Waals surface area contributed by atoms with Gasteiger partial charge in [0.2, 0.25) is 5.91 Å². The third kappa shape index (κ3) is 3.29. The van der Waals surface area contributed by atoms with Crippen LogP contribution in [-0.4, -0.2) is 29.1 Å². The Morgan fingerprint density at radius 1 is 1.39 bits per heavy atom. The van der Waals surface area contributed by atoms with Gasteiger partial charge in [0.25, 0.3) is 0 Å². The second-order valence-electron chi connectivity index (χ2n) is 5.14. The minimum atomic E-state index is -0.0836. The molecule has 0 spiro atoms. The fourth-order valence-electron chi connectivity index (χ4n) is 2.53. The first-order valence-corrected chi connectivity index (χ1v) is 6.52. The van der Waals surface area contributed by atoms with Crippen molar-refractivity contribution in [3.63, 3.8) is 0 Å². The van der Waals surface area contributed by atoms with Crippen molar-refractivity contribution < 1.29 is 9.90 Å². The maximum atomic E-state index is 11.8. The summed E-state index contributed by atoms with van der Waals surface area (Å²) in [6, 6.07) is 5.56. The second-order valence-corrected chi connectivity index (χ2v) is 5.14. The van der Waals surface area contributed by atoms with Gasteiger partial charge in [-0.3, -0.25) is 9.78 Å². The first-order valence-electron chi connectivity index (χ1n) is 6.52. The number of hydrogen-bond donors (Lipinski definition) is 2. The van der Waals surface area contributed by atoms with Crippen LogP contribution in [0.4, 0.5) is 0 Å². The summed E-state index contributed by atoms with van der Waals surface area (Å²) in [5.41, 5.74) is 0.694. The molecule has 0 atom stereocenters. The highest BCUT2D eigenvalue weighted by Crippen LogP contribution is 2.36. The molecule has 2 N–H and O–H groups in total. The molecule has 1 aliphatic rings. The number of amides is 1. The van der Waals surface area contributed by atoms with E-state index in [2.05, 4.69) is 10.3 Å². The first-order chi connectivity index (χ1) is 8.74. The van der Waals surface area contributed by atoms with Gasteiger partial charge in [-0.15, -0.1) is 0 Å². The van der Waals surface area contributed by atoms with E-state index >= 15 is 0 Å². The van der Waals surface area contributed by atoms with Gasteiger partial charge in [-0.05, 0) is 25.0 Å². The molecule has 1 fully saturated rings. The van der Waals surface area contributed by atoms with Gasteiger partial charge in [0.1, 0.15) is 0 Å². The van der Waals surface area contributed by atoms with E-state index in [0.717, 1.165) is 31.4 Å². The normalized spacial score (nSPS) is 17.6. The van der Waals surface area contributed by atoms with E-state index in [4.69, 9.17) is 0 Å². The van der Waals surface area contributed by atoms with Crippen molar-refractivity contribution in [1.82, 2.24) is 10.3 Å². The van der Waals surface area contributed by atoms with Gasteiger partial charge in [0.05, 0.1) is 13.0 Å². The molecule has 2 rings (SSSR count). The fraction of sp³-hybridized carbons (Fsp3) is 0.571. The molecule has 0 aromatic carbocycles. The summed E-state index contributed by atoms with van der Waals surface area (Å²) in [5, 5.41) is 12.4. The second kappa shape index (κ2) is 5.96. The Hall–Kier alpha value is -1.42. The maximum Gasteiger partial charge on any atom is 0.226 e. The summed E-state index contributed by atoms with van der Waals surface area (Å²) in [7, 11) is 0. The van der Waals surface area contributed by atoms with E-state index in [0.29, 0.717) is 13.0 Å². The summed E-state index contributed by atoms with van der Waals surface area (Å²) in [5.74, 6) is -0.0200. The molecule has 4 heteroatoms. The van der Waals surface area contributed by atoms with Gasteiger partial charge in [-0.25, -0.2) is 0 Å². The summed E-state index contributed by atoms with van der Waals surface area (Å²) >= 11 is 0. The highest BCUT2D eigenvalue weighted by Gasteiger charge is 2.33. The van der Waals surface area contributed by atoms with Gasteiger partial charge in [0.15, 0.2) is 0 Å². The lowest BCUT2D eigenvalue weighted by Gasteiger charge is -2.26. The van der Waals surface area contributed by atoms with Gasteiger partial charge in [0, 0.05) is 23.9 Å². The number of nitrogens with one attached hydrogen (secondary N) is 1. The number of carbonyl (C=O) groups excluding carboxylic acids is 1. The molecule has 0 radical (unpaired) electrons. The molecule has 0 saturated heterocycles. The minimum Gasteiger partial charge on any atom is -0.396 e. The third-order valence-corrected chi connectivity index (χ3v) is 3.73. The molecule has 1 aliphatic carbocycles. The number of nitrogens with zero attached hydrogens (tertiary/aromatic N) is 1. The van der Waals surface area contributed by atoms with Crippen LogP contribution >= 0.6 is 0 Å². The van der Waals surface area contributed by atoms with Gasteiger partial charge in [-0.1, -0.05) is 18.9 Å². The maximum absolute atomic E-state index is 11.8. The number of aliphatic hydroxyl groups is 1. The van der Waals surface area contributed by atoms with Crippen LogP contribution in [0, 0.1) is 5.41 Å². The monoisotopic (exact) mass is 248 g/mol. The Labute approximate surface area is 107 Å². The summed E-state index contributed by atoms with van der Waals surface area (Å²) in [6.45, 7) is 0.742. The van der Waals surface area contributed by atoms with Crippen molar-refractivity contribution >= 4 is 5.91 Å². The van der Waals surface area contributed by atoms with Gasteiger partial charge >= 0.3 is 0 Å². The zero-order valence-corrected chi connectivity index (χ0v) is 10.6. The van der Waals surface area contributed by atoms with Crippen LogP contribution in [0.5, 0.6) is 0 Å². The van der Waals surface area contributed by atoms with E-state index in [9.17, 15) is 9.90 Å². The third-order valence-electron chi connectivity index (χ3n) is 3.73. The van der Waals surface area contributed by atoms with E-state index in [1.807, 2.05) is 18.2 Å². The zero-order valence-electron chi connectivity index (χ0n) is 10.6. The van der Waals surface area contributed by atoms with Crippen LogP contribution in [-0.2, 0) is 11.2 Å². The molecular weight excluding hydrogens is 228 g/mol. The lowest BCUT2D eigenvalue weighted by Crippen LogP contribution is -2.39. The van der Waals surface area contributed by atoms with Crippen molar-refractivity contribution in [3.8, 4) is 0 Å². The van der Waals surface area contributed by atoms with Crippen molar-refractivity contribution in [1.29, 1.82) is 0 Å². The van der Waals surface area contributed by atoms with Crippen molar-refractivity contribution in [2.75, 3.05) is 13.2 Å². The Morgan fingerprint density at radius 3 is 2.78 bits per heavy atom. The van der Waals surface area contributed by atoms with E-state index in [1.54, 1.807) is 6.20 Å². The Bertz CT molecular complexity index is 386. The molecule has 0 bridgehead atoms. The highest BCUT2D eigenvalue weighted by molar-refractivity contribution is 5.78. The molecule has 1 aromatic rings. The molecule has 0 unspecified atom stereocenters. The number of aliphatic hydroxyl groups excluding tert-OH is 1. The average molecular weight is 248 g/mol. The predicted molar refractivity (Wildman–Crippen MR) is 68.9 cm³/mol. The van der Waals surface area contributed by atoms with Crippen LogP contribution in [0.25, 0.3) is 0 Å². The Kier molecular flexibility index (Phi) is 4.31. The number of pyridine rings is 1. The molecule has 4 nitrogen and oxygen atoms in total. The molecule has 1 aromatic heterocycles. The number of rotatable bonds is 5. The molecular formula is C14H20N2O2. The zero-order chi connectivity index (χ0) is 12.8. The average Bonchev–Trinajstić information content (AvgIpc) is 2.87. The fourth-order valence-corrected chi connectivity index (χ4v) is 2.53. The lowest BCUT2D eigenvalue weighted by atomic mass is 9.87. The molecule has 0 aliphatic heterocycles. The van der Waals surface area contributed by atoms with Crippen LogP contribution in [0.15, 0.2) is 24.4 Å². The Balaban J connectivity index is 1.81. The molecule has 98 valence electrons. The quantitative estimate of drug-likeness (QED) is 0.825. The lowest BCUT2D eigenvalue weighted by molar-refractivity contribution is -0.121. The number of hydrogen-bond acceptors (Lipinski definition) is 3. The summed E-state index contributed by atoms with van der Waals surface area (Å²) < 4.78 is 0. The number of carbonyl (C=O) groups is 1. The highest BCUT2D eigenvalue weighted by atomic mass is 16.3. The molecule has 1 heterocycles. The van der Waals surface area contributed by atoms with Crippen LogP contribution in [0.3, 0.4) is 0 Å². The standard InChI is InChI=1S/C14H20N2O2/c17-11-14(6-2-3-7-14)10-16-13(18)9-12-5-1-4-8-15-12/h1,4-5,8,17H,2-3,6-7,9-11H2,(H,16,18). The minimum absolute atomic E-state index is 0.0200. The van der Waals surface area contributed by atoms with Crippen LogP contribution in [0.2, 0.25) is 0 Å². The number of aromatic nitrogens is 1. The molecule has 18 heavy (non-hydrogen) atoms. The summed E-state index contributed by atoms with van der Waals surface area (Å²) in [4.78, 5) is 15.9. The van der Waals surface area contributed by atoms with E-state index < -0.39 is 0 Å². The first kappa shape index (κ1) is 13.0. The van der Waals surface area contributed by atoms with Gasteiger partial charge in [-0.2, -0.15) is 0 Å². The van der Waals surface area contributed by atoms with E-state index in [-0.39, 0.29) is 17.9 Å². The van der Waals surface area contributed by atoms with Crippen molar-refractivity contribution in [3.05, 3.63) is 30.1 Å². The van der Waals surface area contributed by atoms with Gasteiger partial charge < -0.3 is 10.4 Å². The Morgan fingerprint density at radius 2 is 2.17 bits per heavy atom.